The molecule has 0 aliphatic carbocycles. The van der Waals surface area contributed by atoms with Gasteiger partial charge in [0.15, 0.2) is 0 Å². The lowest BCUT2D eigenvalue weighted by molar-refractivity contribution is -0.117. The van der Waals surface area contributed by atoms with Crippen LogP contribution in [-0.4, -0.2) is 22.8 Å². The van der Waals surface area contributed by atoms with E-state index >= 15 is 0 Å². The highest BCUT2D eigenvalue weighted by atomic mass is 35.5. The monoisotopic (exact) mass is 452 g/mol. The molecule has 0 saturated carbocycles. The van der Waals surface area contributed by atoms with E-state index in [4.69, 9.17) is 16.6 Å². The summed E-state index contributed by atoms with van der Waals surface area (Å²) in [6, 6.07) is 29.8. The Morgan fingerprint density at radius 2 is 1.55 bits per heavy atom. The molecule has 5 heteroatoms. The fourth-order valence-electron chi connectivity index (χ4n) is 4.12. The zero-order valence-corrected chi connectivity index (χ0v) is 18.5. The van der Waals surface area contributed by atoms with Crippen LogP contribution in [0, 0.1) is 0 Å². The molecule has 0 spiro atoms. The van der Waals surface area contributed by atoms with E-state index in [1.54, 1.807) is 36.4 Å². The second-order valence-electron chi connectivity index (χ2n) is 7.95. The number of nitrogens with zero attached hydrogens (tertiary/aromatic N) is 1. The second-order valence-corrected chi connectivity index (χ2v) is 8.38. The van der Waals surface area contributed by atoms with Crippen LogP contribution < -0.4 is 5.32 Å². The Morgan fingerprint density at radius 3 is 2.33 bits per heavy atom. The molecule has 1 amide bonds. The lowest BCUT2D eigenvalue weighted by Crippen LogP contribution is -2.27. The van der Waals surface area contributed by atoms with E-state index in [2.05, 4.69) is 23.5 Å². The Morgan fingerprint density at radius 1 is 0.818 bits per heavy atom. The third-order valence-electron chi connectivity index (χ3n) is 5.74. The number of phenolic OH excluding ortho intramolecular Hbond substituents is 1. The molecule has 0 radical (unpaired) electrons. The molecule has 33 heavy (non-hydrogen) atoms. The minimum Gasteiger partial charge on any atom is -0.508 e. The average molecular weight is 453 g/mol. The number of aromatic hydroxyl groups is 1. The SMILES string of the molecule is O=C1Nc2ccc(Cl)cc2C(c2ccc(O)cc2)=NC1Cc1ccccc1-c1ccccc1. The molecule has 162 valence electrons. The summed E-state index contributed by atoms with van der Waals surface area (Å²) in [5.41, 5.74) is 6.09. The maximum atomic E-state index is 13.3. The fourth-order valence-corrected chi connectivity index (χ4v) is 4.29. The maximum absolute atomic E-state index is 13.3. The highest BCUT2D eigenvalue weighted by Gasteiger charge is 2.27. The molecule has 4 nitrogen and oxygen atoms in total. The van der Waals surface area contributed by atoms with Gasteiger partial charge in [0.2, 0.25) is 5.91 Å². The van der Waals surface area contributed by atoms with Gasteiger partial charge in [0, 0.05) is 22.6 Å². The van der Waals surface area contributed by atoms with Crippen molar-refractivity contribution in [2.75, 3.05) is 5.32 Å². The third-order valence-corrected chi connectivity index (χ3v) is 5.97. The van der Waals surface area contributed by atoms with Crippen molar-refractivity contribution in [1.29, 1.82) is 0 Å². The first kappa shape index (κ1) is 21.0. The van der Waals surface area contributed by atoms with Crippen LogP contribution in [0.5, 0.6) is 5.75 Å². The lowest BCUT2D eigenvalue weighted by atomic mass is 9.95. The predicted octanol–water partition coefficient (Wildman–Crippen LogP) is 6.11. The van der Waals surface area contributed by atoms with Crippen molar-refractivity contribution < 1.29 is 9.90 Å². The van der Waals surface area contributed by atoms with Crippen molar-refractivity contribution in [3.8, 4) is 16.9 Å². The maximum Gasteiger partial charge on any atom is 0.249 e. The van der Waals surface area contributed by atoms with Crippen molar-refractivity contribution in [1.82, 2.24) is 0 Å². The largest absolute Gasteiger partial charge is 0.508 e. The van der Waals surface area contributed by atoms with Gasteiger partial charge in [-0.3, -0.25) is 9.79 Å². The minimum atomic E-state index is -0.634. The summed E-state index contributed by atoms with van der Waals surface area (Å²) < 4.78 is 0. The third kappa shape index (κ3) is 4.38. The number of hydrogen-bond acceptors (Lipinski definition) is 3. The topological polar surface area (TPSA) is 61.7 Å². The molecular weight excluding hydrogens is 432 g/mol. The Kier molecular flexibility index (Phi) is 5.68. The molecule has 0 bridgehead atoms. The summed E-state index contributed by atoms with van der Waals surface area (Å²) >= 11 is 6.29. The van der Waals surface area contributed by atoms with Gasteiger partial charge < -0.3 is 10.4 Å². The van der Waals surface area contributed by atoms with E-state index in [1.807, 2.05) is 42.5 Å². The quantitative estimate of drug-likeness (QED) is 0.392. The summed E-state index contributed by atoms with van der Waals surface area (Å²) in [6.07, 6.45) is 0.445. The molecule has 0 fully saturated rings. The number of benzodiazepines with no additional fused rings is 1. The van der Waals surface area contributed by atoms with E-state index in [0.717, 1.165) is 27.8 Å². The van der Waals surface area contributed by atoms with Crippen molar-refractivity contribution in [2.24, 2.45) is 4.99 Å². The number of halogens is 1. The fraction of sp³-hybridized carbons (Fsp3) is 0.0714. The van der Waals surface area contributed by atoms with Crippen molar-refractivity contribution in [2.45, 2.75) is 12.5 Å². The first-order valence-electron chi connectivity index (χ1n) is 10.7. The number of nitrogens with one attached hydrogen (secondary N) is 1. The minimum absolute atomic E-state index is 0.168. The Bertz CT molecular complexity index is 1350. The van der Waals surface area contributed by atoms with Crippen LogP contribution in [0.15, 0.2) is 102 Å². The summed E-state index contributed by atoms with van der Waals surface area (Å²) in [4.78, 5) is 18.2. The number of aliphatic imine (C=N–C) groups is 1. The zero-order chi connectivity index (χ0) is 22.8. The highest BCUT2D eigenvalue weighted by Crippen LogP contribution is 2.30. The van der Waals surface area contributed by atoms with Gasteiger partial charge in [-0.05, 0) is 59.2 Å². The number of benzene rings is 4. The van der Waals surface area contributed by atoms with Gasteiger partial charge in [0.05, 0.1) is 11.4 Å². The molecule has 1 aliphatic heterocycles. The number of phenols is 1. The van der Waals surface area contributed by atoms with Gasteiger partial charge in [-0.1, -0.05) is 66.2 Å². The summed E-state index contributed by atoms with van der Waals surface area (Å²) in [5.74, 6) is -0.00274. The van der Waals surface area contributed by atoms with Crippen molar-refractivity contribution >= 4 is 28.9 Å². The molecule has 1 aliphatic rings. The second kappa shape index (κ2) is 8.93. The van der Waals surface area contributed by atoms with Gasteiger partial charge >= 0.3 is 0 Å². The average Bonchev–Trinajstić information content (AvgIpc) is 2.97. The van der Waals surface area contributed by atoms with Gasteiger partial charge in [-0.25, -0.2) is 0 Å². The molecular formula is C28H21ClN2O2. The number of anilines is 1. The number of carbonyl (C=O) groups is 1. The Balaban J connectivity index is 1.60. The molecule has 0 aromatic heterocycles. The van der Waals surface area contributed by atoms with E-state index in [0.29, 0.717) is 22.8 Å². The van der Waals surface area contributed by atoms with Crippen LogP contribution in [-0.2, 0) is 11.2 Å². The number of amides is 1. The summed E-state index contributed by atoms with van der Waals surface area (Å²) in [7, 11) is 0. The molecule has 5 rings (SSSR count). The Hall–Kier alpha value is -3.89. The van der Waals surface area contributed by atoms with Crippen LogP contribution in [0.2, 0.25) is 5.02 Å². The first-order valence-corrected chi connectivity index (χ1v) is 11.1. The molecule has 1 heterocycles. The normalized spacial score (nSPS) is 15.2. The van der Waals surface area contributed by atoms with Crippen molar-refractivity contribution in [3.05, 3.63) is 119 Å². The lowest BCUT2D eigenvalue weighted by Gasteiger charge is -2.15. The van der Waals surface area contributed by atoms with Crippen molar-refractivity contribution in [3.63, 3.8) is 0 Å². The van der Waals surface area contributed by atoms with E-state index in [9.17, 15) is 9.90 Å². The number of fused-ring (bicyclic) bond motifs is 1. The summed E-state index contributed by atoms with van der Waals surface area (Å²) in [5, 5.41) is 13.3. The Labute approximate surface area is 197 Å². The molecule has 2 N–H and O–H groups in total. The first-order chi connectivity index (χ1) is 16.1. The van der Waals surface area contributed by atoms with E-state index in [1.165, 1.54) is 0 Å². The van der Waals surface area contributed by atoms with Crippen LogP contribution in [0.25, 0.3) is 11.1 Å². The molecule has 4 aromatic rings. The van der Waals surface area contributed by atoms with Gasteiger partial charge in [0.1, 0.15) is 11.8 Å². The van der Waals surface area contributed by atoms with Crippen LogP contribution >= 0.6 is 11.6 Å². The molecule has 1 unspecified atom stereocenters. The molecule has 1 atom stereocenters. The van der Waals surface area contributed by atoms with Crippen LogP contribution in [0.1, 0.15) is 16.7 Å². The predicted molar refractivity (Wildman–Crippen MR) is 133 cm³/mol. The van der Waals surface area contributed by atoms with Gasteiger partial charge in [0.25, 0.3) is 0 Å². The molecule has 4 aromatic carbocycles. The number of rotatable bonds is 4. The van der Waals surface area contributed by atoms with Crippen LogP contribution in [0.3, 0.4) is 0 Å². The molecule has 0 saturated heterocycles. The van der Waals surface area contributed by atoms with E-state index in [-0.39, 0.29) is 11.7 Å². The van der Waals surface area contributed by atoms with Crippen LogP contribution in [0.4, 0.5) is 5.69 Å². The number of hydrogen-bond donors (Lipinski definition) is 2. The van der Waals surface area contributed by atoms with Gasteiger partial charge in [-0.15, -0.1) is 0 Å². The standard InChI is InChI=1S/C28H21ClN2O2/c29-21-12-15-25-24(17-21)27(19-10-13-22(32)14-11-19)30-26(28(33)31-25)16-20-8-4-5-9-23(20)18-6-2-1-3-7-18/h1-15,17,26,32H,16H2,(H,31,33). The highest BCUT2D eigenvalue weighted by molar-refractivity contribution is 6.32. The number of carbonyl (C=O) groups excluding carboxylic acids is 1. The van der Waals surface area contributed by atoms with E-state index < -0.39 is 6.04 Å². The van der Waals surface area contributed by atoms with Gasteiger partial charge in [-0.2, -0.15) is 0 Å². The zero-order valence-electron chi connectivity index (χ0n) is 17.7. The summed E-state index contributed by atoms with van der Waals surface area (Å²) in [6.45, 7) is 0. The smallest absolute Gasteiger partial charge is 0.249 e.